The Morgan fingerprint density at radius 2 is 2.25 bits per heavy atom. The molecule has 16 heavy (non-hydrogen) atoms. The maximum absolute atomic E-state index is 9.20. The normalized spacial score (nSPS) is 12.2. The number of hydrogen-bond acceptors (Lipinski definition) is 5. The minimum atomic E-state index is -0.744. The fraction of sp³-hybridized carbons (Fsp3) is 0.455. The van der Waals surface area contributed by atoms with Crippen molar-refractivity contribution in [1.29, 1.82) is 0 Å². The average molecular weight is 243 g/mol. The Balaban J connectivity index is 2.67. The number of benzene rings is 1. The highest BCUT2D eigenvalue weighted by Crippen LogP contribution is 2.30. The summed E-state index contributed by atoms with van der Waals surface area (Å²) < 4.78 is 5.24. The fourth-order valence-corrected chi connectivity index (χ4v) is 1.79. The lowest BCUT2D eigenvalue weighted by molar-refractivity contribution is 0.105. The summed E-state index contributed by atoms with van der Waals surface area (Å²) >= 11 is 1.62. The Bertz CT molecular complexity index is 333. The second-order valence-electron chi connectivity index (χ2n) is 3.29. The molecule has 0 heterocycles. The number of aliphatic hydroxyl groups is 2. The monoisotopic (exact) mass is 243 g/mol. The van der Waals surface area contributed by atoms with Crippen LogP contribution in [0.4, 0.5) is 5.69 Å². The van der Waals surface area contributed by atoms with E-state index in [1.165, 1.54) is 0 Å². The second kappa shape index (κ2) is 6.62. The minimum Gasteiger partial charge on any atom is -0.496 e. The summed E-state index contributed by atoms with van der Waals surface area (Å²) in [4.78, 5) is 1.07. The number of anilines is 1. The van der Waals surface area contributed by atoms with Gasteiger partial charge in [0.2, 0.25) is 0 Å². The third kappa shape index (κ3) is 3.59. The van der Waals surface area contributed by atoms with E-state index in [1.54, 1.807) is 18.9 Å². The lowest BCUT2D eigenvalue weighted by Gasteiger charge is -2.12. The number of ether oxygens (including phenoxy) is 1. The molecule has 0 amide bonds. The summed E-state index contributed by atoms with van der Waals surface area (Å²) in [6.45, 7) is 0.0747. The topological polar surface area (TPSA) is 61.7 Å². The minimum absolute atomic E-state index is 0.243. The molecule has 0 bridgehead atoms. The summed E-state index contributed by atoms with van der Waals surface area (Å²) in [5, 5.41) is 20.9. The summed E-state index contributed by atoms with van der Waals surface area (Å²) in [5.74, 6) is 0.802. The number of rotatable bonds is 6. The van der Waals surface area contributed by atoms with Crippen LogP contribution in [0.2, 0.25) is 0 Å². The first-order chi connectivity index (χ1) is 7.71. The Kier molecular flexibility index (Phi) is 5.45. The van der Waals surface area contributed by atoms with Gasteiger partial charge in [-0.3, -0.25) is 0 Å². The van der Waals surface area contributed by atoms with E-state index in [2.05, 4.69) is 5.32 Å². The van der Waals surface area contributed by atoms with Crippen molar-refractivity contribution in [3.63, 3.8) is 0 Å². The number of methoxy groups -OCH3 is 1. The fourth-order valence-electron chi connectivity index (χ4n) is 1.25. The van der Waals surface area contributed by atoms with Crippen molar-refractivity contribution in [2.24, 2.45) is 0 Å². The van der Waals surface area contributed by atoms with Gasteiger partial charge in [0.1, 0.15) is 5.75 Å². The molecule has 0 aromatic heterocycles. The van der Waals surface area contributed by atoms with Crippen molar-refractivity contribution in [2.75, 3.05) is 31.8 Å². The number of nitrogens with one attached hydrogen (secondary N) is 1. The molecular weight excluding hydrogens is 226 g/mol. The molecule has 4 nitrogen and oxygen atoms in total. The molecule has 1 atom stereocenters. The summed E-state index contributed by atoms with van der Waals surface area (Å²) in [6, 6.07) is 5.74. The van der Waals surface area contributed by atoms with Crippen LogP contribution in [0.1, 0.15) is 0 Å². The molecule has 0 aliphatic heterocycles. The molecule has 0 aliphatic carbocycles. The van der Waals surface area contributed by atoms with Crippen molar-refractivity contribution in [3.8, 4) is 5.75 Å². The first kappa shape index (κ1) is 13.2. The Labute approximate surface area is 99.6 Å². The molecule has 0 aliphatic rings. The van der Waals surface area contributed by atoms with Gasteiger partial charge in [-0.2, -0.15) is 0 Å². The molecule has 1 aromatic rings. The lowest BCUT2D eigenvalue weighted by Crippen LogP contribution is -2.22. The van der Waals surface area contributed by atoms with E-state index < -0.39 is 6.10 Å². The van der Waals surface area contributed by atoms with Crippen molar-refractivity contribution in [3.05, 3.63) is 18.2 Å². The van der Waals surface area contributed by atoms with Crippen LogP contribution in [0.5, 0.6) is 5.75 Å². The van der Waals surface area contributed by atoms with Gasteiger partial charge in [-0.05, 0) is 18.4 Å². The highest BCUT2D eigenvalue weighted by molar-refractivity contribution is 7.98. The van der Waals surface area contributed by atoms with Gasteiger partial charge in [0.15, 0.2) is 0 Å². The molecule has 5 heteroatoms. The van der Waals surface area contributed by atoms with Gasteiger partial charge in [0.25, 0.3) is 0 Å². The molecule has 1 aromatic carbocycles. The molecular formula is C11H17NO3S. The van der Waals surface area contributed by atoms with E-state index in [4.69, 9.17) is 9.84 Å². The summed E-state index contributed by atoms with van der Waals surface area (Å²) in [7, 11) is 1.63. The van der Waals surface area contributed by atoms with Gasteiger partial charge in [0, 0.05) is 23.2 Å². The van der Waals surface area contributed by atoms with Crippen molar-refractivity contribution >= 4 is 17.4 Å². The van der Waals surface area contributed by atoms with E-state index in [0.29, 0.717) is 6.54 Å². The Morgan fingerprint density at radius 3 is 2.81 bits per heavy atom. The van der Waals surface area contributed by atoms with E-state index >= 15 is 0 Å². The maximum atomic E-state index is 9.20. The van der Waals surface area contributed by atoms with Gasteiger partial charge in [-0.25, -0.2) is 0 Å². The van der Waals surface area contributed by atoms with E-state index in [9.17, 15) is 5.11 Å². The Hall–Kier alpha value is -0.910. The van der Waals surface area contributed by atoms with Gasteiger partial charge < -0.3 is 20.3 Å². The number of thioether (sulfide) groups is 1. The summed E-state index contributed by atoms with van der Waals surface area (Å²) in [5.41, 5.74) is 0.863. The van der Waals surface area contributed by atoms with Crippen LogP contribution < -0.4 is 10.1 Å². The predicted molar refractivity (Wildman–Crippen MR) is 66.4 cm³/mol. The van der Waals surface area contributed by atoms with Gasteiger partial charge in [-0.1, -0.05) is 0 Å². The zero-order valence-corrected chi connectivity index (χ0v) is 10.3. The van der Waals surface area contributed by atoms with Gasteiger partial charge in [-0.15, -0.1) is 11.8 Å². The van der Waals surface area contributed by atoms with Crippen LogP contribution in [0.15, 0.2) is 23.1 Å². The molecule has 90 valence electrons. The number of hydrogen-bond donors (Lipinski definition) is 3. The average Bonchev–Trinajstić information content (AvgIpc) is 2.35. The summed E-state index contributed by atoms with van der Waals surface area (Å²) in [6.07, 6.45) is 1.24. The number of aliphatic hydroxyl groups excluding tert-OH is 2. The zero-order chi connectivity index (χ0) is 12.0. The van der Waals surface area contributed by atoms with Gasteiger partial charge >= 0.3 is 0 Å². The Morgan fingerprint density at radius 1 is 1.50 bits per heavy atom. The third-order valence-electron chi connectivity index (χ3n) is 2.14. The molecule has 0 radical (unpaired) electrons. The quantitative estimate of drug-likeness (QED) is 0.655. The van der Waals surface area contributed by atoms with Crippen LogP contribution in [-0.4, -0.2) is 42.8 Å². The largest absolute Gasteiger partial charge is 0.496 e. The standard InChI is InChI=1S/C11H17NO3S/c1-15-10-5-8(3-4-11(10)16-2)12-6-9(14)7-13/h3-5,9,12-14H,6-7H2,1-2H3. The van der Waals surface area contributed by atoms with Gasteiger partial charge in [0.05, 0.1) is 19.8 Å². The van der Waals surface area contributed by atoms with Crippen LogP contribution in [0, 0.1) is 0 Å². The smallest absolute Gasteiger partial charge is 0.134 e. The van der Waals surface area contributed by atoms with Crippen molar-refractivity contribution in [1.82, 2.24) is 0 Å². The van der Waals surface area contributed by atoms with E-state index in [1.807, 2.05) is 24.5 Å². The van der Waals surface area contributed by atoms with Crippen LogP contribution in [-0.2, 0) is 0 Å². The molecule has 1 unspecified atom stereocenters. The molecule has 1 rings (SSSR count). The molecule has 0 saturated heterocycles. The SMILES string of the molecule is COc1cc(NCC(O)CO)ccc1SC. The van der Waals surface area contributed by atoms with E-state index in [-0.39, 0.29) is 6.61 Å². The maximum Gasteiger partial charge on any atom is 0.134 e. The second-order valence-corrected chi connectivity index (χ2v) is 4.14. The molecule has 0 fully saturated rings. The first-order valence-corrected chi connectivity index (χ1v) is 6.18. The van der Waals surface area contributed by atoms with Crippen molar-refractivity contribution < 1.29 is 14.9 Å². The highest BCUT2D eigenvalue weighted by atomic mass is 32.2. The first-order valence-electron chi connectivity index (χ1n) is 4.96. The van der Waals surface area contributed by atoms with Crippen LogP contribution in [0.25, 0.3) is 0 Å². The zero-order valence-electron chi connectivity index (χ0n) is 9.43. The third-order valence-corrected chi connectivity index (χ3v) is 2.91. The highest BCUT2D eigenvalue weighted by Gasteiger charge is 2.05. The lowest BCUT2D eigenvalue weighted by atomic mass is 10.3. The van der Waals surface area contributed by atoms with E-state index in [0.717, 1.165) is 16.3 Å². The van der Waals surface area contributed by atoms with Crippen molar-refractivity contribution in [2.45, 2.75) is 11.0 Å². The molecule has 0 saturated carbocycles. The van der Waals surface area contributed by atoms with Crippen LogP contribution in [0.3, 0.4) is 0 Å². The predicted octanol–water partition coefficient (Wildman–Crippen LogP) is 1.18. The van der Waals surface area contributed by atoms with Crippen LogP contribution >= 0.6 is 11.8 Å². The molecule has 0 spiro atoms. The molecule has 3 N–H and O–H groups in total.